The van der Waals surface area contributed by atoms with Gasteiger partial charge in [-0.25, -0.2) is 4.79 Å². The van der Waals surface area contributed by atoms with E-state index in [0.29, 0.717) is 29.1 Å². The number of benzene rings is 2. The van der Waals surface area contributed by atoms with Crippen LogP contribution in [-0.2, 0) is 6.42 Å². The quantitative estimate of drug-likeness (QED) is 0.157. The lowest BCUT2D eigenvalue weighted by Gasteiger charge is -2.50. The number of rotatable bonds is 2. The normalized spacial score (nSPS) is 31.5. The van der Waals surface area contributed by atoms with E-state index in [0.717, 1.165) is 42.8 Å². The minimum absolute atomic E-state index is 0.108. The van der Waals surface area contributed by atoms with Gasteiger partial charge < -0.3 is 9.84 Å². The molecule has 0 radical (unpaired) electrons. The van der Waals surface area contributed by atoms with Crippen molar-refractivity contribution in [2.75, 3.05) is 0 Å². The lowest BCUT2D eigenvalue weighted by atomic mass is 9.55. The summed E-state index contributed by atoms with van der Waals surface area (Å²) in [6, 6.07) is 10.0. The fraction of sp³-hybridized carbons (Fsp3) is 0.480. The van der Waals surface area contributed by atoms with Crippen LogP contribution in [0.1, 0.15) is 66.4 Å². The molecule has 0 saturated heterocycles. The summed E-state index contributed by atoms with van der Waals surface area (Å²) in [5.74, 6) is 2.23. The summed E-state index contributed by atoms with van der Waals surface area (Å²) in [7, 11) is 0. The van der Waals surface area contributed by atoms with Crippen LogP contribution in [0, 0.1) is 28.0 Å². The fourth-order valence-corrected chi connectivity index (χ4v) is 8.51. The van der Waals surface area contributed by atoms with Gasteiger partial charge in [-0.2, -0.15) is 0 Å². The minimum atomic E-state index is -0.297. The standard InChI is InChI=1S/C25H25I3O3/c1-25-9-8-17-16-5-3-15(31-24(30)14-11-20(26)23(28)21(27)12-14)10-13(16)2-4-18(17)19(25)6-7-22(25)29/h3,5,10-12,17-19,22,29H,2,4,6-9H2,1H3/t17?,18?,19?,22-,25-/m0/s1. The Morgan fingerprint density at radius 3 is 2.55 bits per heavy atom. The van der Waals surface area contributed by atoms with Gasteiger partial charge in [-0.15, -0.1) is 0 Å². The highest BCUT2D eigenvalue weighted by atomic mass is 127. The zero-order chi connectivity index (χ0) is 21.9. The van der Waals surface area contributed by atoms with Crippen molar-refractivity contribution >= 4 is 73.7 Å². The van der Waals surface area contributed by atoms with E-state index < -0.39 is 0 Å². The van der Waals surface area contributed by atoms with Crippen molar-refractivity contribution in [3.8, 4) is 5.75 Å². The van der Waals surface area contributed by atoms with Gasteiger partial charge in [-0.1, -0.05) is 13.0 Å². The van der Waals surface area contributed by atoms with Gasteiger partial charge in [0.05, 0.1) is 11.7 Å². The van der Waals surface area contributed by atoms with Crippen molar-refractivity contribution in [3.05, 3.63) is 57.7 Å². The first-order valence-corrected chi connectivity index (χ1v) is 14.2. The van der Waals surface area contributed by atoms with Crippen molar-refractivity contribution in [2.24, 2.45) is 17.3 Å². The molecular formula is C25H25I3O3. The molecule has 2 aromatic carbocycles. The smallest absolute Gasteiger partial charge is 0.343 e. The van der Waals surface area contributed by atoms with Gasteiger partial charge in [0.25, 0.3) is 0 Å². The maximum atomic E-state index is 12.8. The number of fused-ring (bicyclic) bond motifs is 5. The molecule has 1 N–H and O–H groups in total. The summed E-state index contributed by atoms with van der Waals surface area (Å²) in [5.41, 5.74) is 3.48. The number of aliphatic hydroxyl groups excluding tert-OH is 1. The fourth-order valence-electron chi connectivity index (χ4n) is 6.43. The predicted octanol–water partition coefficient (Wildman–Crippen LogP) is 6.94. The highest BCUT2D eigenvalue weighted by Crippen LogP contribution is 2.60. The zero-order valence-electron chi connectivity index (χ0n) is 17.3. The molecule has 0 aliphatic heterocycles. The van der Waals surface area contributed by atoms with Crippen LogP contribution in [-0.4, -0.2) is 17.2 Å². The van der Waals surface area contributed by atoms with Crippen molar-refractivity contribution < 1.29 is 14.6 Å². The van der Waals surface area contributed by atoms with E-state index in [1.807, 2.05) is 18.2 Å². The number of halogens is 3. The number of hydrogen-bond acceptors (Lipinski definition) is 3. The Kier molecular flexibility index (Phi) is 6.40. The molecule has 3 aliphatic carbocycles. The number of ether oxygens (including phenoxy) is 1. The van der Waals surface area contributed by atoms with Crippen molar-refractivity contribution in [1.82, 2.24) is 0 Å². The van der Waals surface area contributed by atoms with Gasteiger partial charge in [-0.05, 0) is 165 Å². The second-order valence-electron chi connectivity index (χ2n) is 9.56. The number of carbonyl (C=O) groups excluding carboxylic acids is 1. The molecule has 31 heavy (non-hydrogen) atoms. The van der Waals surface area contributed by atoms with Crippen molar-refractivity contribution in [2.45, 2.75) is 57.5 Å². The zero-order valence-corrected chi connectivity index (χ0v) is 23.8. The van der Waals surface area contributed by atoms with Gasteiger partial charge >= 0.3 is 5.97 Å². The van der Waals surface area contributed by atoms with Gasteiger partial charge in [0, 0.05) is 10.7 Å². The number of hydrogen-bond donors (Lipinski definition) is 1. The van der Waals surface area contributed by atoms with E-state index >= 15 is 0 Å². The molecule has 0 bridgehead atoms. The van der Waals surface area contributed by atoms with Crippen LogP contribution in [0.5, 0.6) is 5.75 Å². The third kappa shape index (κ3) is 3.99. The first-order valence-electron chi connectivity index (χ1n) is 11.0. The summed E-state index contributed by atoms with van der Waals surface area (Å²) in [6.45, 7) is 2.32. The molecule has 2 aromatic rings. The molecule has 0 spiro atoms. The van der Waals surface area contributed by atoms with E-state index in [1.54, 1.807) is 0 Å². The van der Waals surface area contributed by atoms with Crippen LogP contribution in [0.4, 0.5) is 0 Å². The van der Waals surface area contributed by atoms with Crippen molar-refractivity contribution in [1.29, 1.82) is 0 Å². The van der Waals surface area contributed by atoms with Gasteiger partial charge in [0.1, 0.15) is 5.75 Å². The Morgan fingerprint density at radius 1 is 1.06 bits per heavy atom. The van der Waals surface area contributed by atoms with E-state index in [1.165, 1.54) is 17.5 Å². The summed E-state index contributed by atoms with van der Waals surface area (Å²) in [5, 5.41) is 10.6. The second kappa shape index (κ2) is 8.69. The first-order chi connectivity index (χ1) is 14.8. The molecule has 164 valence electrons. The van der Waals surface area contributed by atoms with Crippen molar-refractivity contribution in [3.63, 3.8) is 0 Å². The molecule has 3 unspecified atom stereocenters. The Hall–Kier alpha value is 0.0600. The molecule has 3 nitrogen and oxygen atoms in total. The highest BCUT2D eigenvalue weighted by Gasteiger charge is 2.54. The molecule has 2 saturated carbocycles. The maximum absolute atomic E-state index is 12.8. The number of aryl methyl sites for hydroxylation is 1. The van der Waals surface area contributed by atoms with Gasteiger partial charge in [0.15, 0.2) is 0 Å². The molecule has 5 rings (SSSR count). The van der Waals surface area contributed by atoms with E-state index in [2.05, 4.69) is 86.8 Å². The van der Waals surface area contributed by atoms with Crippen LogP contribution in [0.2, 0.25) is 0 Å². The summed E-state index contributed by atoms with van der Waals surface area (Å²) in [4.78, 5) is 12.8. The van der Waals surface area contributed by atoms with Crippen LogP contribution < -0.4 is 4.74 Å². The largest absolute Gasteiger partial charge is 0.423 e. The molecule has 6 heteroatoms. The number of esters is 1. The van der Waals surface area contributed by atoms with Crippen LogP contribution >= 0.6 is 67.8 Å². The Bertz CT molecular complexity index is 1030. The van der Waals surface area contributed by atoms with E-state index in [4.69, 9.17) is 4.74 Å². The lowest BCUT2D eigenvalue weighted by molar-refractivity contribution is -0.0226. The minimum Gasteiger partial charge on any atom is -0.423 e. The Labute approximate surface area is 224 Å². The summed E-state index contributed by atoms with van der Waals surface area (Å²) in [6.07, 6.45) is 6.47. The monoisotopic (exact) mass is 754 g/mol. The second-order valence-corrected chi connectivity index (χ2v) is 13.0. The molecule has 0 amide bonds. The molecule has 0 heterocycles. The Morgan fingerprint density at radius 2 is 1.81 bits per heavy atom. The molecule has 5 atom stereocenters. The third-order valence-electron chi connectivity index (χ3n) is 8.08. The highest BCUT2D eigenvalue weighted by molar-refractivity contribution is 14.1. The molecule has 2 fully saturated rings. The molecular weight excluding hydrogens is 729 g/mol. The third-order valence-corrected chi connectivity index (χ3v) is 13.0. The van der Waals surface area contributed by atoms with Crippen LogP contribution in [0.3, 0.4) is 0 Å². The topological polar surface area (TPSA) is 46.5 Å². The molecule has 0 aromatic heterocycles. The number of aliphatic hydroxyl groups is 1. The van der Waals surface area contributed by atoms with Gasteiger partial charge in [0.2, 0.25) is 0 Å². The van der Waals surface area contributed by atoms with Crippen LogP contribution in [0.25, 0.3) is 0 Å². The van der Waals surface area contributed by atoms with E-state index in [-0.39, 0.29) is 17.5 Å². The predicted molar refractivity (Wildman–Crippen MR) is 147 cm³/mol. The summed E-state index contributed by atoms with van der Waals surface area (Å²) >= 11 is 6.83. The Balaban J connectivity index is 1.36. The lowest BCUT2D eigenvalue weighted by Crippen LogP contribution is -2.43. The molecule has 3 aliphatic rings. The first kappa shape index (κ1) is 22.8. The van der Waals surface area contributed by atoms with Gasteiger partial charge in [-0.3, -0.25) is 0 Å². The van der Waals surface area contributed by atoms with E-state index in [9.17, 15) is 9.90 Å². The summed E-state index contributed by atoms with van der Waals surface area (Å²) < 4.78 is 9.06. The van der Waals surface area contributed by atoms with Crippen LogP contribution in [0.15, 0.2) is 30.3 Å². The maximum Gasteiger partial charge on any atom is 0.343 e. The average molecular weight is 754 g/mol. The SMILES string of the molecule is C[C@]12CCC3c4ccc(OC(=O)c5cc(I)c(I)c(I)c5)cc4CCC3C1CC[C@@H]2O. The average Bonchev–Trinajstić information content (AvgIpc) is 3.06. The number of carbonyl (C=O) groups is 1.